The number of carbonyl (C=O) groups excluding carboxylic acids is 1. The van der Waals surface area contributed by atoms with Gasteiger partial charge in [0, 0.05) is 24.0 Å². The van der Waals surface area contributed by atoms with E-state index in [-0.39, 0.29) is 5.91 Å². The molecule has 1 aromatic carbocycles. The summed E-state index contributed by atoms with van der Waals surface area (Å²) in [6.07, 6.45) is 0.443. The predicted octanol–water partition coefficient (Wildman–Crippen LogP) is 1.35. The topological polar surface area (TPSA) is 72.9 Å². The molecule has 0 saturated heterocycles. The molecule has 3 N–H and O–H groups in total. The molecule has 0 aliphatic carbocycles. The second-order valence-corrected chi connectivity index (χ2v) is 4.82. The summed E-state index contributed by atoms with van der Waals surface area (Å²) in [6.45, 7) is 2.44. The molecular formula is C14H16N4O. The molecule has 2 aromatic rings. The summed E-state index contributed by atoms with van der Waals surface area (Å²) in [5, 5.41) is 2.83. The van der Waals surface area contributed by atoms with Gasteiger partial charge >= 0.3 is 0 Å². The average molecular weight is 256 g/mol. The SMILES string of the molecule is Cc1c(-c2ccc3c(c2)CC(=O)N3)nc(CN)n1C. The van der Waals surface area contributed by atoms with E-state index in [1.165, 1.54) is 0 Å². The zero-order chi connectivity index (χ0) is 13.6. The van der Waals surface area contributed by atoms with E-state index in [0.717, 1.165) is 34.0 Å². The van der Waals surface area contributed by atoms with Gasteiger partial charge in [-0.15, -0.1) is 0 Å². The number of aromatic nitrogens is 2. The van der Waals surface area contributed by atoms with Crippen molar-refractivity contribution in [2.24, 2.45) is 12.8 Å². The van der Waals surface area contributed by atoms with Gasteiger partial charge in [-0.1, -0.05) is 6.07 Å². The first-order valence-electron chi connectivity index (χ1n) is 6.25. The fraction of sp³-hybridized carbons (Fsp3) is 0.286. The average Bonchev–Trinajstić information content (AvgIpc) is 2.90. The van der Waals surface area contributed by atoms with E-state index in [0.29, 0.717) is 13.0 Å². The Morgan fingerprint density at radius 3 is 2.95 bits per heavy atom. The van der Waals surface area contributed by atoms with E-state index in [4.69, 9.17) is 5.73 Å². The third kappa shape index (κ3) is 1.82. The maximum atomic E-state index is 11.4. The van der Waals surface area contributed by atoms with Crippen LogP contribution >= 0.6 is 0 Å². The minimum atomic E-state index is 0.0486. The molecule has 1 amide bonds. The van der Waals surface area contributed by atoms with Gasteiger partial charge in [-0.3, -0.25) is 4.79 Å². The van der Waals surface area contributed by atoms with Crippen molar-refractivity contribution in [1.82, 2.24) is 9.55 Å². The number of benzene rings is 1. The van der Waals surface area contributed by atoms with Crippen LogP contribution in [0.4, 0.5) is 5.69 Å². The molecule has 2 heterocycles. The van der Waals surface area contributed by atoms with Gasteiger partial charge in [0.15, 0.2) is 0 Å². The normalized spacial score (nSPS) is 13.5. The third-order valence-electron chi connectivity index (χ3n) is 3.66. The van der Waals surface area contributed by atoms with Crippen LogP contribution in [0.15, 0.2) is 18.2 Å². The molecule has 5 nitrogen and oxygen atoms in total. The predicted molar refractivity (Wildman–Crippen MR) is 73.6 cm³/mol. The fourth-order valence-electron chi connectivity index (χ4n) is 2.47. The highest BCUT2D eigenvalue weighted by Crippen LogP contribution is 2.30. The molecule has 0 saturated carbocycles. The molecule has 0 radical (unpaired) electrons. The zero-order valence-electron chi connectivity index (χ0n) is 11.0. The van der Waals surface area contributed by atoms with Crippen LogP contribution in [-0.4, -0.2) is 15.5 Å². The van der Waals surface area contributed by atoms with E-state index in [1.54, 1.807) is 0 Å². The van der Waals surface area contributed by atoms with Crippen molar-refractivity contribution in [2.75, 3.05) is 5.32 Å². The lowest BCUT2D eigenvalue weighted by atomic mass is 10.1. The van der Waals surface area contributed by atoms with E-state index in [1.807, 2.05) is 36.7 Å². The van der Waals surface area contributed by atoms with Crippen LogP contribution in [-0.2, 0) is 24.8 Å². The van der Waals surface area contributed by atoms with Gasteiger partial charge in [-0.25, -0.2) is 4.98 Å². The molecule has 98 valence electrons. The Kier molecular flexibility index (Phi) is 2.64. The first kappa shape index (κ1) is 11.9. The summed E-state index contributed by atoms with van der Waals surface area (Å²) in [7, 11) is 1.96. The van der Waals surface area contributed by atoms with E-state index in [9.17, 15) is 4.79 Å². The number of hydrogen-bond donors (Lipinski definition) is 2. The molecule has 0 fully saturated rings. The van der Waals surface area contributed by atoms with E-state index < -0.39 is 0 Å². The lowest BCUT2D eigenvalue weighted by molar-refractivity contribution is -0.115. The van der Waals surface area contributed by atoms with Crippen molar-refractivity contribution in [3.8, 4) is 11.3 Å². The van der Waals surface area contributed by atoms with Crippen LogP contribution < -0.4 is 11.1 Å². The van der Waals surface area contributed by atoms with E-state index in [2.05, 4.69) is 10.3 Å². The maximum Gasteiger partial charge on any atom is 0.228 e. The summed E-state index contributed by atoms with van der Waals surface area (Å²) in [4.78, 5) is 15.9. The number of fused-ring (bicyclic) bond motifs is 1. The lowest BCUT2D eigenvalue weighted by Gasteiger charge is -2.03. The van der Waals surface area contributed by atoms with Crippen LogP contribution in [0.5, 0.6) is 0 Å². The molecule has 1 aliphatic rings. The number of hydrogen-bond acceptors (Lipinski definition) is 3. The Morgan fingerprint density at radius 2 is 2.26 bits per heavy atom. The van der Waals surface area contributed by atoms with Gasteiger partial charge < -0.3 is 15.6 Å². The third-order valence-corrected chi connectivity index (χ3v) is 3.66. The highest BCUT2D eigenvalue weighted by molar-refractivity contribution is 5.99. The number of anilines is 1. The van der Waals surface area contributed by atoms with Crippen molar-refractivity contribution in [2.45, 2.75) is 19.9 Å². The maximum absolute atomic E-state index is 11.4. The number of nitrogens with two attached hydrogens (primary N) is 1. The zero-order valence-corrected chi connectivity index (χ0v) is 11.0. The molecule has 0 spiro atoms. The number of imidazole rings is 1. The molecule has 3 rings (SSSR count). The minimum Gasteiger partial charge on any atom is -0.334 e. The van der Waals surface area contributed by atoms with Gasteiger partial charge in [-0.05, 0) is 24.6 Å². The minimum absolute atomic E-state index is 0.0486. The van der Waals surface area contributed by atoms with Crippen LogP contribution in [0, 0.1) is 6.92 Å². The number of carbonyl (C=O) groups is 1. The number of amides is 1. The lowest BCUT2D eigenvalue weighted by Crippen LogP contribution is -2.05. The first-order chi connectivity index (χ1) is 9.10. The quantitative estimate of drug-likeness (QED) is 0.851. The molecule has 0 unspecified atom stereocenters. The highest BCUT2D eigenvalue weighted by atomic mass is 16.1. The Balaban J connectivity index is 2.09. The summed E-state index contributed by atoms with van der Waals surface area (Å²) in [5.41, 5.74) is 10.7. The van der Waals surface area contributed by atoms with Crippen molar-refractivity contribution < 1.29 is 4.79 Å². The summed E-state index contributed by atoms with van der Waals surface area (Å²) in [5.74, 6) is 0.912. The van der Waals surface area contributed by atoms with Crippen molar-refractivity contribution in [3.63, 3.8) is 0 Å². The largest absolute Gasteiger partial charge is 0.334 e. The standard InChI is InChI=1S/C14H16N4O/c1-8-14(17-12(7-15)18(8)2)9-3-4-11-10(5-9)6-13(19)16-11/h3-5H,6-7,15H2,1-2H3,(H,16,19). The van der Waals surface area contributed by atoms with Crippen LogP contribution in [0.2, 0.25) is 0 Å². The molecule has 0 bridgehead atoms. The van der Waals surface area contributed by atoms with Crippen molar-refractivity contribution in [3.05, 3.63) is 35.3 Å². The Bertz CT molecular complexity index is 672. The van der Waals surface area contributed by atoms with Gasteiger partial charge in [0.05, 0.1) is 18.7 Å². The monoisotopic (exact) mass is 256 g/mol. The number of nitrogens with one attached hydrogen (secondary N) is 1. The van der Waals surface area contributed by atoms with Gasteiger partial charge in [0.2, 0.25) is 5.91 Å². The Morgan fingerprint density at radius 1 is 1.47 bits per heavy atom. The van der Waals surface area contributed by atoms with Gasteiger partial charge in [-0.2, -0.15) is 0 Å². The summed E-state index contributed by atoms with van der Waals surface area (Å²) < 4.78 is 2.01. The molecule has 1 aromatic heterocycles. The van der Waals surface area contributed by atoms with Crippen molar-refractivity contribution >= 4 is 11.6 Å². The second kappa shape index (κ2) is 4.20. The Labute approximate surface area is 111 Å². The Hall–Kier alpha value is -2.14. The molecule has 5 heteroatoms. The van der Waals surface area contributed by atoms with Gasteiger partial charge in [0.25, 0.3) is 0 Å². The smallest absolute Gasteiger partial charge is 0.228 e. The molecule has 1 aliphatic heterocycles. The van der Waals surface area contributed by atoms with Crippen LogP contribution in [0.1, 0.15) is 17.1 Å². The second-order valence-electron chi connectivity index (χ2n) is 4.82. The summed E-state index contributed by atoms with van der Waals surface area (Å²) in [6, 6.07) is 5.95. The van der Waals surface area contributed by atoms with Crippen LogP contribution in [0.25, 0.3) is 11.3 Å². The van der Waals surface area contributed by atoms with Gasteiger partial charge in [0.1, 0.15) is 5.82 Å². The highest BCUT2D eigenvalue weighted by Gasteiger charge is 2.19. The van der Waals surface area contributed by atoms with Crippen LogP contribution in [0.3, 0.4) is 0 Å². The fourth-order valence-corrected chi connectivity index (χ4v) is 2.47. The first-order valence-corrected chi connectivity index (χ1v) is 6.25. The molecule has 19 heavy (non-hydrogen) atoms. The summed E-state index contributed by atoms with van der Waals surface area (Å²) >= 11 is 0. The number of nitrogens with zero attached hydrogens (tertiary/aromatic N) is 2. The number of rotatable bonds is 2. The van der Waals surface area contributed by atoms with Crippen molar-refractivity contribution in [1.29, 1.82) is 0 Å². The molecule has 0 atom stereocenters. The molecular weight excluding hydrogens is 240 g/mol. The van der Waals surface area contributed by atoms with E-state index >= 15 is 0 Å².